The Hall–Kier alpha value is -0.520. The number of ether oxygens (including phenoxy) is 1. The van der Waals surface area contributed by atoms with Gasteiger partial charge in [-0.2, -0.15) is 0 Å². The van der Waals surface area contributed by atoms with Crippen LogP contribution in [0.2, 0.25) is 0 Å². The van der Waals surface area contributed by atoms with E-state index in [1.807, 2.05) is 0 Å². The molecule has 1 aromatic heterocycles. The van der Waals surface area contributed by atoms with Crippen molar-refractivity contribution in [2.75, 3.05) is 6.61 Å². The van der Waals surface area contributed by atoms with E-state index in [9.17, 15) is 0 Å². The van der Waals surface area contributed by atoms with Gasteiger partial charge in [0.1, 0.15) is 10.0 Å². The van der Waals surface area contributed by atoms with Gasteiger partial charge in [0, 0.05) is 25.6 Å². The molecule has 1 atom stereocenters. The Morgan fingerprint density at radius 2 is 2.17 bits per heavy atom. The first kappa shape index (κ1) is 13.9. The predicted molar refractivity (Wildman–Crippen MR) is 73.8 cm³/mol. The van der Waals surface area contributed by atoms with Crippen LogP contribution in [0.4, 0.5) is 0 Å². The molecule has 5 heteroatoms. The van der Waals surface area contributed by atoms with Crippen LogP contribution in [0.25, 0.3) is 0 Å². The van der Waals surface area contributed by atoms with Crippen LogP contribution in [0.1, 0.15) is 49.5 Å². The molecule has 1 aliphatic rings. The third-order valence-electron chi connectivity index (χ3n) is 3.12. The maximum absolute atomic E-state index is 5.73. The van der Waals surface area contributed by atoms with Crippen LogP contribution in [0.3, 0.4) is 0 Å². The number of aromatic nitrogens is 2. The molecule has 0 aromatic carbocycles. The Bertz CT molecular complexity index is 348. The maximum Gasteiger partial charge on any atom is 0.131 e. The average Bonchev–Trinajstić information content (AvgIpc) is 2.83. The highest BCUT2D eigenvalue weighted by molar-refractivity contribution is 7.11. The summed E-state index contributed by atoms with van der Waals surface area (Å²) in [6.45, 7) is 6.05. The van der Waals surface area contributed by atoms with Crippen molar-refractivity contribution in [3.63, 3.8) is 0 Å². The van der Waals surface area contributed by atoms with Crippen LogP contribution in [-0.4, -0.2) is 29.0 Å². The highest BCUT2D eigenvalue weighted by Gasteiger charge is 2.14. The van der Waals surface area contributed by atoms with Gasteiger partial charge in [-0.25, -0.2) is 0 Å². The second kappa shape index (κ2) is 7.16. The quantitative estimate of drug-likeness (QED) is 0.862. The molecule has 1 saturated heterocycles. The molecule has 2 rings (SSSR count). The molecular weight excluding hydrogens is 246 g/mol. The van der Waals surface area contributed by atoms with Gasteiger partial charge in [0.15, 0.2) is 0 Å². The first-order chi connectivity index (χ1) is 8.74. The van der Waals surface area contributed by atoms with Crippen LogP contribution in [0.15, 0.2) is 0 Å². The number of aryl methyl sites for hydroxylation is 1. The minimum atomic E-state index is 0.444. The fraction of sp³-hybridized carbons (Fsp3) is 0.846. The Labute approximate surface area is 113 Å². The molecule has 1 fully saturated rings. The van der Waals surface area contributed by atoms with Crippen molar-refractivity contribution in [1.82, 2.24) is 15.5 Å². The second-order valence-corrected chi connectivity index (χ2v) is 6.30. The fourth-order valence-electron chi connectivity index (χ4n) is 2.07. The van der Waals surface area contributed by atoms with E-state index in [1.54, 1.807) is 11.3 Å². The topological polar surface area (TPSA) is 47.0 Å². The van der Waals surface area contributed by atoms with E-state index >= 15 is 0 Å². The van der Waals surface area contributed by atoms with Gasteiger partial charge in [-0.1, -0.05) is 13.8 Å². The van der Waals surface area contributed by atoms with Crippen molar-refractivity contribution in [3.05, 3.63) is 10.0 Å². The smallest absolute Gasteiger partial charge is 0.131 e. The molecule has 1 aliphatic heterocycles. The molecule has 0 aliphatic carbocycles. The molecule has 0 spiro atoms. The van der Waals surface area contributed by atoms with E-state index in [1.165, 1.54) is 19.3 Å². The summed E-state index contributed by atoms with van der Waals surface area (Å²) in [5, 5.41) is 14.1. The molecule has 1 aromatic rings. The van der Waals surface area contributed by atoms with Crippen LogP contribution in [0, 0.1) is 0 Å². The van der Waals surface area contributed by atoms with Crippen LogP contribution in [0.5, 0.6) is 0 Å². The first-order valence-electron chi connectivity index (χ1n) is 6.90. The zero-order valence-corrected chi connectivity index (χ0v) is 12.1. The van der Waals surface area contributed by atoms with E-state index < -0.39 is 0 Å². The predicted octanol–water partition coefficient (Wildman–Crippen LogP) is 2.54. The molecule has 0 radical (unpaired) electrons. The summed E-state index contributed by atoms with van der Waals surface area (Å²) in [5.41, 5.74) is 0. The summed E-state index contributed by atoms with van der Waals surface area (Å²) >= 11 is 1.72. The summed E-state index contributed by atoms with van der Waals surface area (Å²) in [6.07, 6.45) is 6.28. The minimum absolute atomic E-state index is 0.444. The van der Waals surface area contributed by atoms with Gasteiger partial charge in [-0.15, -0.1) is 21.5 Å². The van der Waals surface area contributed by atoms with Gasteiger partial charge in [0.2, 0.25) is 0 Å². The number of hydrogen-bond donors (Lipinski definition) is 1. The average molecular weight is 269 g/mol. The van der Waals surface area contributed by atoms with Gasteiger partial charge in [-0.3, -0.25) is 0 Å². The number of nitrogens with zero attached hydrogens (tertiary/aromatic N) is 2. The molecular formula is C13H23N3OS. The highest BCUT2D eigenvalue weighted by atomic mass is 32.1. The van der Waals surface area contributed by atoms with Crippen LogP contribution >= 0.6 is 11.3 Å². The Balaban J connectivity index is 1.72. The van der Waals surface area contributed by atoms with Gasteiger partial charge < -0.3 is 10.1 Å². The van der Waals surface area contributed by atoms with Crippen molar-refractivity contribution < 1.29 is 4.74 Å². The lowest BCUT2D eigenvalue weighted by atomic mass is 10.1. The lowest BCUT2D eigenvalue weighted by Gasteiger charge is -2.21. The summed E-state index contributed by atoms with van der Waals surface area (Å²) in [5.74, 6) is 0. The van der Waals surface area contributed by atoms with Crippen molar-refractivity contribution in [1.29, 1.82) is 0 Å². The van der Waals surface area contributed by atoms with Crippen molar-refractivity contribution in [2.45, 2.75) is 64.6 Å². The second-order valence-electron chi connectivity index (χ2n) is 5.15. The molecule has 0 bridgehead atoms. The van der Waals surface area contributed by atoms with Crippen molar-refractivity contribution in [3.8, 4) is 0 Å². The standard InChI is InChI=1S/C13H23N3OS/c1-10(2)14-9-13-16-15-12(18-13)7-6-11-5-3-4-8-17-11/h10-11,14H,3-9H2,1-2H3. The maximum atomic E-state index is 5.73. The summed E-state index contributed by atoms with van der Waals surface area (Å²) in [6, 6.07) is 0.494. The van der Waals surface area contributed by atoms with E-state index in [2.05, 4.69) is 29.4 Å². The molecule has 2 heterocycles. The number of rotatable bonds is 6. The Kier molecular flexibility index (Phi) is 5.53. The normalized spacial score (nSPS) is 20.5. The molecule has 18 heavy (non-hydrogen) atoms. The third-order valence-corrected chi connectivity index (χ3v) is 4.11. The number of hydrogen-bond acceptors (Lipinski definition) is 5. The summed E-state index contributed by atoms with van der Waals surface area (Å²) in [7, 11) is 0. The van der Waals surface area contributed by atoms with E-state index in [0.717, 1.165) is 36.0 Å². The van der Waals surface area contributed by atoms with Gasteiger partial charge in [-0.05, 0) is 25.7 Å². The summed E-state index contributed by atoms with van der Waals surface area (Å²) < 4.78 is 5.73. The molecule has 0 saturated carbocycles. The van der Waals surface area contributed by atoms with Crippen LogP contribution in [-0.2, 0) is 17.7 Å². The highest BCUT2D eigenvalue weighted by Crippen LogP contribution is 2.19. The third kappa shape index (κ3) is 4.63. The Morgan fingerprint density at radius 3 is 2.89 bits per heavy atom. The molecule has 1 unspecified atom stereocenters. The van der Waals surface area contributed by atoms with Crippen LogP contribution < -0.4 is 5.32 Å². The molecule has 4 nitrogen and oxygen atoms in total. The SMILES string of the molecule is CC(C)NCc1nnc(CCC2CCCCO2)s1. The fourth-order valence-corrected chi connectivity index (χ4v) is 2.88. The molecule has 102 valence electrons. The van der Waals surface area contributed by atoms with E-state index in [-0.39, 0.29) is 0 Å². The zero-order chi connectivity index (χ0) is 12.8. The lowest BCUT2D eigenvalue weighted by Crippen LogP contribution is -2.21. The van der Waals surface area contributed by atoms with Crippen molar-refractivity contribution in [2.24, 2.45) is 0 Å². The first-order valence-corrected chi connectivity index (χ1v) is 7.72. The van der Waals surface area contributed by atoms with E-state index in [4.69, 9.17) is 4.74 Å². The minimum Gasteiger partial charge on any atom is -0.378 e. The number of nitrogens with one attached hydrogen (secondary N) is 1. The monoisotopic (exact) mass is 269 g/mol. The molecule has 1 N–H and O–H groups in total. The molecule has 0 amide bonds. The van der Waals surface area contributed by atoms with Crippen molar-refractivity contribution >= 4 is 11.3 Å². The zero-order valence-electron chi connectivity index (χ0n) is 11.3. The van der Waals surface area contributed by atoms with Gasteiger partial charge >= 0.3 is 0 Å². The van der Waals surface area contributed by atoms with E-state index in [0.29, 0.717) is 12.1 Å². The van der Waals surface area contributed by atoms with Gasteiger partial charge in [0.25, 0.3) is 0 Å². The van der Waals surface area contributed by atoms with Gasteiger partial charge in [0.05, 0.1) is 6.10 Å². The Morgan fingerprint density at radius 1 is 1.33 bits per heavy atom. The largest absolute Gasteiger partial charge is 0.378 e. The lowest BCUT2D eigenvalue weighted by molar-refractivity contribution is 0.0115. The summed E-state index contributed by atoms with van der Waals surface area (Å²) in [4.78, 5) is 0.